The second-order valence-corrected chi connectivity index (χ2v) is 10.4. The Morgan fingerprint density at radius 3 is 2.44 bits per heavy atom. The molecule has 1 amide bonds. The van der Waals surface area contributed by atoms with Gasteiger partial charge < -0.3 is 9.15 Å². The number of benzene rings is 3. The van der Waals surface area contributed by atoms with Gasteiger partial charge in [0.15, 0.2) is 0 Å². The van der Waals surface area contributed by atoms with Gasteiger partial charge in [0, 0.05) is 10.6 Å². The first kappa shape index (κ1) is 27.6. The number of hydrazone groups is 1. The van der Waals surface area contributed by atoms with Crippen LogP contribution >= 0.6 is 11.6 Å². The van der Waals surface area contributed by atoms with Gasteiger partial charge in [0.1, 0.15) is 18.1 Å². The molecule has 0 aliphatic carbocycles. The van der Waals surface area contributed by atoms with Crippen LogP contribution in [-0.4, -0.2) is 39.7 Å². The molecule has 0 saturated carbocycles. The highest BCUT2D eigenvalue weighted by molar-refractivity contribution is 7.92. The molecule has 39 heavy (non-hydrogen) atoms. The summed E-state index contributed by atoms with van der Waals surface area (Å²) in [5, 5.41) is 4.22. The van der Waals surface area contributed by atoms with Gasteiger partial charge in [-0.3, -0.25) is 9.10 Å². The van der Waals surface area contributed by atoms with E-state index >= 15 is 0 Å². The maximum atomic E-state index is 13.3. The normalized spacial score (nSPS) is 11.3. The maximum absolute atomic E-state index is 13.3. The fraction of sp³-hybridized carbons (Fsp3) is 0.107. The van der Waals surface area contributed by atoms with E-state index in [4.69, 9.17) is 20.8 Å². The highest BCUT2D eigenvalue weighted by Crippen LogP contribution is 2.26. The highest BCUT2D eigenvalue weighted by atomic mass is 35.5. The summed E-state index contributed by atoms with van der Waals surface area (Å²) in [6, 6.07) is 24.1. The predicted molar refractivity (Wildman–Crippen MR) is 148 cm³/mol. The molecule has 1 aromatic heterocycles. The average molecular weight is 566 g/mol. The number of nitrogens with one attached hydrogen (secondary N) is 1. The molecule has 9 nitrogen and oxygen atoms in total. The Balaban J connectivity index is 1.44. The third kappa shape index (κ3) is 6.92. The molecule has 4 rings (SSSR count). The molecule has 0 bridgehead atoms. The van der Waals surface area contributed by atoms with Crippen LogP contribution in [0.25, 0.3) is 11.3 Å². The molecule has 0 fully saturated rings. The third-order valence-electron chi connectivity index (χ3n) is 5.40. The van der Waals surface area contributed by atoms with Crippen molar-refractivity contribution in [1.82, 2.24) is 5.43 Å². The molecule has 0 saturated heterocycles. The summed E-state index contributed by atoms with van der Waals surface area (Å²) >= 11 is 6.08. The van der Waals surface area contributed by atoms with E-state index in [0.717, 1.165) is 9.87 Å². The monoisotopic (exact) mass is 565 g/mol. The molecule has 1 heterocycles. The number of nitrogens with zero attached hydrogens (tertiary/aromatic N) is 2. The lowest BCUT2D eigenvalue weighted by atomic mass is 10.1. The minimum Gasteiger partial charge on any atom is -0.462 e. The van der Waals surface area contributed by atoms with Crippen LogP contribution in [0.4, 0.5) is 5.69 Å². The van der Waals surface area contributed by atoms with Crippen molar-refractivity contribution >= 4 is 45.4 Å². The molecule has 0 unspecified atom stereocenters. The van der Waals surface area contributed by atoms with E-state index < -0.39 is 28.4 Å². The van der Waals surface area contributed by atoms with Crippen LogP contribution in [0.2, 0.25) is 5.02 Å². The number of hydrogen-bond acceptors (Lipinski definition) is 7. The first-order valence-corrected chi connectivity index (χ1v) is 13.6. The topological polar surface area (TPSA) is 118 Å². The minimum absolute atomic E-state index is 0.0275. The van der Waals surface area contributed by atoms with E-state index in [-0.39, 0.29) is 10.6 Å². The molecule has 0 aliphatic heterocycles. The Morgan fingerprint density at radius 1 is 1.00 bits per heavy atom. The van der Waals surface area contributed by atoms with Gasteiger partial charge in [0.05, 0.1) is 29.0 Å². The molecule has 3 aromatic carbocycles. The molecular weight excluding hydrogens is 542 g/mol. The van der Waals surface area contributed by atoms with E-state index in [9.17, 15) is 18.0 Å². The first-order chi connectivity index (χ1) is 18.8. The molecule has 0 atom stereocenters. The largest absolute Gasteiger partial charge is 0.462 e. The van der Waals surface area contributed by atoms with Gasteiger partial charge in [-0.15, -0.1) is 0 Å². The van der Waals surface area contributed by atoms with Crippen molar-refractivity contribution in [2.45, 2.75) is 11.8 Å². The van der Waals surface area contributed by atoms with E-state index in [1.165, 1.54) is 24.4 Å². The zero-order valence-electron chi connectivity index (χ0n) is 20.8. The SMILES string of the molecule is CCOC(=O)c1ccc(-c2ccc(/C=N\NC(=O)CN(c3cccc(Cl)c3)S(=O)(=O)c3ccccc3)o2)cc1. The average Bonchev–Trinajstić information content (AvgIpc) is 3.41. The van der Waals surface area contributed by atoms with Gasteiger partial charge in [-0.25, -0.2) is 18.6 Å². The quantitative estimate of drug-likeness (QED) is 0.162. The Kier molecular flexibility index (Phi) is 8.80. The van der Waals surface area contributed by atoms with E-state index in [1.807, 2.05) is 0 Å². The van der Waals surface area contributed by atoms with Crippen LogP contribution in [-0.2, 0) is 19.6 Å². The predicted octanol–water partition coefficient (Wildman–Crippen LogP) is 5.12. The molecule has 0 spiro atoms. The van der Waals surface area contributed by atoms with E-state index in [0.29, 0.717) is 28.7 Å². The van der Waals surface area contributed by atoms with Gasteiger partial charge in [-0.05, 0) is 61.5 Å². The van der Waals surface area contributed by atoms with Gasteiger partial charge in [-0.1, -0.05) is 48.0 Å². The number of hydrogen-bond donors (Lipinski definition) is 1. The lowest BCUT2D eigenvalue weighted by molar-refractivity contribution is -0.119. The Hall–Kier alpha value is -4.41. The summed E-state index contributed by atoms with van der Waals surface area (Å²) < 4.78 is 38.3. The maximum Gasteiger partial charge on any atom is 0.338 e. The smallest absolute Gasteiger partial charge is 0.338 e. The number of anilines is 1. The second-order valence-electron chi connectivity index (χ2n) is 8.10. The van der Waals surface area contributed by atoms with E-state index in [1.54, 1.807) is 79.7 Å². The number of ether oxygens (including phenoxy) is 1. The van der Waals surface area contributed by atoms with Crippen LogP contribution in [0.3, 0.4) is 0 Å². The van der Waals surface area contributed by atoms with Crippen molar-refractivity contribution < 1.29 is 27.2 Å². The number of furan rings is 1. The number of carbonyl (C=O) groups excluding carboxylic acids is 2. The van der Waals surface area contributed by atoms with Crippen LogP contribution in [0.15, 0.2) is 105 Å². The molecule has 11 heteroatoms. The fourth-order valence-electron chi connectivity index (χ4n) is 3.56. The zero-order valence-corrected chi connectivity index (χ0v) is 22.4. The summed E-state index contributed by atoms with van der Waals surface area (Å²) in [5.41, 5.74) is 3.72. The molecule has 4 aromatic rings. The Labute approximate surface area is 230 Å². The van der Waals surface area contributed by atoms with E-state index in [2.05, 4.69) is 10.5 Å². The van der Waals surface area contributed by atoms with Crippen LogP contribution < -0.4 is 9.73 Å². The summed E-state index contributed by atoms with van der Waals surface area (Å²) in [5.74, 6) is -0.202. The summed E-state index contributed by atoms with van der Waals surface area (Å²) in [6.07, 6.45) is 1.30. The van der Waals surface area contributed by atoms with Crippen LogP contribution in [0, 0.1) is 0 Å². The highest BCUT2D eigenvalue weighted by Gasteiger charge is 2.27. The van der Waals surface area contributed by atoms with Crippen molar-refractivity contribution in [3.8, 4) is 11.3 Å². The third-order valence-corrected chi connectivity index (χ3v) is 7.43. The number of halogens is 1. The molecule has 1 N–H and O–H groups in total. The second kappa shape index (κ2) is 12.4. The molecule has 0 radical (unpaired) electrons. The van der Waals surface area contributed by atoms with Crippen molar-refractivity contribution in [3.05, 3.63) is 107 Å². The van der Waals surface area contributed by atoms with Gasteiger partial charge in [0.2, 0.25) is 0 Å². The van der Waals surface area contributed by atoms with Crippen molar-refractivity contribution in [2.75, 3.05) is 17.5 Å². The number of sulfonamides is 1. The lowest BCUT2D eigenvalue weighted by Crippen LogP contribution is -2.39. The number of rotatable bonds is 10. The molecule has 200 valence electrons. The fourth-order valence-corrected chi connectivity index (χ4v) is 5.18. The molecular formula is C28H24ClN3O6S. The van der Waals surface area contributed by atoms with Crippen molar-refractivity contribution in [2.24, 2.45) is 5.10 Å². The zero-order chi connectivity index (χ0) is 27.8. The minimum atomic E-state index is -4.07. The number of carbonyl (C=O) groups is 2. The summed E-state index contributed by atoms with van der Waals surface area (Å²) in [4.78, 5) is 24.6. The molecule has 0 aliphatic rings. The van der Waals surface area contributed by atoms with Gasteiger partial charge in [0.25, 0.3) is 15.9 Å². The van der Waals surface area contributed by atoms with Crippen molar-refractivity contribution in [3.63, 3.8) is 0 Å². The van der Waals surface area contributed by atoms with Gasteiger partial charge in [-0.2, -0.15) is 5.10 Å². The standard InChI is InChI=1S/C28H24ClN3O6S/c1-2-37-28(34)21-13-11-20(12-14-21)26-16-15-24(38-26)18-30-31-27(33)19-32(23-8-6-7-22(29)17-23)39(35,36)25-9-4-3-5-10-25/h3-18H,2,19H2,1H3,(H,31,33)/b30-18-. The Bertz CT molecular complexity index is 1590. The number of amides is 1. The summed E-state index contributed by atoms with van der Waals surface area (Å²) in [6.45, 7) is 1.49. The van der Waals surface area contributed by atoms with Crippen molar-refractivity contribution in [1.29, 1.82) is 0 Å². The first-order valence-electron chi connectivity index (χ1n) is 11.8. The van der Waals surface area contributed by atoms with Crippen LogP contribution in [0.5, 0.6) is 0 Å². The lowest BCUT2D eigenvalue weighted by Gasteiger charge is -2.23. The number of esters is 1. The van der Waals surface area contributed by atoms with Gasteiger partial charge >= 0.3 is 5.97 Å². The summed E-state index contributed by atoms with van der Waals surface area (Å²) in [7, 11) is -4.07. The Morgan fingerprint density at radius 2 is 1.74 bits per heavy atom. The van der Waals surface area contributed by atoms with Crippen LogP contribution in [0.1, 0.15) is 23.0 Å².